The maximum atomic E-state index is 13.0. The monoisotopic (exact) mass is 209 g/mol. The fraction of sp³-hybridized carbons (Fsp3) is 0.364. The van der Waals surface area contributed by atoms with Gasteiger partial charge in [0, 0.05) is 5.92 Å². The zero-order valence-electron chi connectivity index (χ0n) is 8.33. The lowest BCUT2D eigenvalue weighted by Gasteiger charge is -2.06. The summed E-state index contributed by atoms with van der Waals surface area (Å²) in [6, 6.07) is 4.62. The van der Waals surface area contributed by atoms with Crippen LogP contribution < -0.4 is 5.73 Å². The standard InChI is InChI=1S/C11H12FNO2/c1-6-4-7(2-3-9(6)12)8-5-11(8,13)10(14)15/h2-4,8H,5,13H2,1H3,(H,14,15). The first kappa shape index (κ1) is 10.1. The molecule has 0 bridgehead atoms. The van der Waals surface area contributed by atoms with Crippen LogP contribution in [0.3, 0.4) is 0 Å². The van der Waals surface area contributed by atoms with Gasteiger partial charge in [-0.2, -0.15) is 0 Å². The molecule has 0 aliphatic heterocycles. The van der Waals surface area contributed by atoms with E-state index in [4.69, 9.17) is 10.8 Å². The Labute approximate surface area is 86.7 Å². The van der Waals surface area contributed by atoms with Crippen LogP contribution >= 0.6 is 0 Å². The number of aliphatic carboxylic acids is 1. The highest BCUT2D eigenvalue weighted by molar-refractivity contribution is 5.84. The maximum Gasteiger partial charge on any atom is 0.324 e. The first-order chi connectivity index (χ1) is 6.95. The molecule has 1 fully saturated rings. The summed E-state index contributed by atoms with van der Waals surface area (Å²) in [5, 5.41) is 8.87. The average Bonchev–Trinajstić information content (AvgIpc) is 2.85. The van der Waals surface area contributed by atoms with Crippen LogP contribution in [0.2, 0.25) is 0 Å². The van der Waals surface area contributed by atoms with Crippen molar-refractivity contribution in [3.05, 3.63) is 35.1 Å². The molecule has 2 rings (SSSR count). The molecule has 1 saturated carbocycles. The van der Waals surface area contributed by atoms with E-state index in [1.165, 1.54) is 6.07 Å². The van der Waals surface area contributed by atoms with Gasteiger partial charge >= 0.3 is 5.97 Å². The van der Waals surface area contributed by atoms with Gasteiger partial charge in [-0.3, -0.25) is 4.79 Å². The second-order valence-electron chi connectivity index (χ2n) is 4.11. The molecule has 0 aromatic heterocycles. The fourth-order valence-electron chi connectivity index (χ4n) is 1.82. The van der Waals surface area contributed by atoms with Gasteiger partial charge < -0.3 is 10.8 Å². The molecule has 80 valence electrons. The smallest absolute Gasteiger partial charge is 0.324 e. The van der Waals surface area contributed by atoms with Gasteiger partial charge in [0.05, 0.1) is 0 Å². The lowest BCUT2D eigenvalue weighted by Crippen LogP contribution is -2.34. The van der Waals surface area contributed by atoms with Gasteiger partial charge in [-0.25, -0.2) is 4.39 Å². The zero-order chi connectivity index (χ0) is 11.2. The van der Waals surface area contributed by atoms with Crippen molar-refractivity contribution in [2.75, 3.05) is 0 Å². The van der Waals surface area contributed by atoms with Gasteiger partial charge in [-0.05, 0) is 30.5 Å². The SMILES string of the molecule is Cc1cc(C2CC2(N)C(=O)O)ccc1F. The van der Waals surface area contributed by atoms with Crippen molar-refractivity contribution in [2.24, 2.45) is 5.73 Å². The second kappa shape index (κ2) is 3.03. The molecule has 1 aliphatic carbocycles. The molecule has 0 amide bonds. The van der Waals surface area contributed by atoms with Crippen LogP contribution in [0.1, 0.15) is 23.5 Å². The number of hydrogen-bond acceptors (Lipinski definition) is 2. The number of hydrogen-bond donors (Lipinski definition) is 2. The third kappa shape index (κ3) is 1.51. The summed E-state index contributed by atoms with van der Waals surface area (Å²) in [7, 11) is 0. The minimum atomic E-state index is -1.15. The predicted octanol–water partition coefficient (Wildman–Crippen LogP) is 1.40. The van der Waals surface area contributed by atoms with Crippen molar-refractivity contribution < 1.29 is 14.3 Å². The Balaban J connectivity index is 2.27. The average molecular weight is 209 g/mol. The van der Waals surface area contributed by atoms with E-state index in [1.54, 1.807) is 19.1 Å². The van der Waals surface area contributed by atoms with Crippen molar-refractivity contribution in [1.29, 1.82) is 0 Å². The Morgan fingerprint density at radius 1 is 1.67 bits per heavy atom. The molecule has 1 aromatic carbocycles. The second-order valence-corrected chi connectivity index (χ2v) is 4.11. The molecule has 1 aliphatic rings. The first-order valence-electron chi connectivity index (χ1n) is 4.73. The van der Waals surface area contributed by atoms with E-state index >= 15 is 0 Å². The van der Waals surface area contributed by atoms with E-state index in [2.05, 4.69) is 0 Å². The van der Waals surface area contributed by atoms with E-state index in [0.717, 1.165) is 5.56 Å². The van der Waals surface area contributed by atoms with Crippen LogP contribution in [-0.2, 0) is 4.79 Å². The lowest BCUT2D eigenvalue weighted by atomic mass is 10.0. The number of nitrogens with two attached hydrogens (primary N) is 1. The molecule has 1 aromatic rings. The lowest BCUT2D eigenvalue weighted by molar-refractivity contribution is -0.139. The molecule has 15 heavy (non-hydrogen) atoms. The highest BCUT2D eigenvalue weighted by Gasteiger charge is 2.58. The molecular formula is C11H12FNO2. The van der Waals surface area contributed by atoms with Crippen LogP contribution in [0, 0.1) is 12.7 Å². The summed E-state index contributed by atoms with van der Waals surface area (Å²) >= 11 is 0. The van der Waals surface area contributed by atoms with Crippen LogP contribution in [0.4, 0.5) is 4.39 Å². The van der Waals surface area contributed by atoms with Crippen LogP contribution in [0.15, 0.2) is 18.2 Å². The van der Waals surface area contributed by atoms with E-state index in [9.17, 15) is 9.18 Å². The zero-order valence-corrected chi connectivity index (χ0v) is 8.33. The number of benzene rings is 1. The fourth-order valence-corrected chi connectivity index (χ4v) is 1.82. The summed E-state index contributed by atoms with van der Waals surface area (Å²) < 4.78 is 13.0. The Kier molecular flexibility index (Phi) is 2.04. The van der Waals surface area contributed by atoms with Gasteiger partial charge in [0.25, 0.3) is 0 Å². The third-order valence-electron chi connectivity index (χ3n) is 2.99. The summed E-state index contributed by atoms with van der Waals surface area (Å²) in [5.41, 5.74) is 5.84. The number of carbonyl (C=O) groups is 1. The molecule has 4 heteroatoms. The minimum absolute atomic E-state index is 0.186. The number of halogens is 1. The quantitative estimate of drug-likeness (QED) is 0.773. The molecule has 0 saturated heterocycles. The van der Waals surface area contributed by atoms with E-state index in [1.807, 2.05) is 0 Å². The van der Waals surface area contributed by atoms with Gasteiger partial charge in [0.2, 0.25) is 0 Å². The Bertz CT molecular complexity index is 433. The van der Waals surface area contributed by atoms with Crippen molar-refractivity contribution in [3.63, 3.8) is 0 Å². The molecule has 0 radical (unpaired) electrons. The normalized spacial score (nSPS) is 28.9. The molecule has 0 heterocycles. The van der Waals surface area contributed by atoms with Crippen LogP contribution in [0.25, 0.3) is 0 Å². The topological polar surface area (TPSA) is 63.3 Å². The largest absolute Gasteiger partial charge is 0.480 e. The number of carboxylic acids is 1. The maximum absolute atomic E-state index is 13.0. The molecule has 3 N–H and O–H groups in total. The number of carboxylic acid groups (broad SMARTS) is 1. The summed E-state index contributed by atoms with van der Waals surface area (Å²) in [4.78, 5) is 10.8. The highest BCUT2D eigenvalue weighted by atomic mass is 19.1. The van der Waals surface area contributed by atoms with Crippen molar-refractivity contribution in [3.8, 4) is 0 Å². The van der Waals surface area contributed by atoms with Crippen molar-refractivity contribution >= 4 is 5.97 Å². The summed E-state index contributed by atoms with van der Waals surface area (Å²) in [6.45, 7) is 1.65. The Hall–Kier alpha value is -1.42. The number of aryl methyl sites for hydroxylation is 1. The van der Waals surface area contributed by atoms with Crippen molar-refractivity contribution in [2.45, 2.75) is 24.8 Å². The van der Waals surface area contributed by atoms with E-state index in [0.29, 0.717) is 12.0 Å². The molecule has 0 spiro atoms. The number of rotatable bonds is 2. The predicted molar refractivity (Wildman–Crippen MR) is 53.0 cm³/mol. The third-order valence-corrected chi connectivity index (χ3v) is 2.99. The summed E-state index contributed by atoms with van der Waals surface area (Å²) in [5.74, 6) is -1.46. The minimum Gasteiger partial charge on any atom is -0.480 e. The van der Waals surface area contributed by atoms with Crippen molar-refractivity contribution in [1.82, 2.24) is 0 Å². The van der Waals surface area contributed by atoms with Gasteiger partial charge in [-0.1, -0.05) is 12.1 Å². The molecule has 2 atom stereocenters. The van der Waals surface area contributed by atoms with Gasteiger partial charge in [-0.15, -0.1) is 0 Å². The van der Waals surface area contributed by atoms with Gasteiger partial charge in [0.1, 0.15) is 11.4 Å². The molecule has 2 unspecified atom stereocenters. The van der Waals surface area contributed by atoms with Gasteiger partial charge in [0.15, 0.2) is 0 Å². The Morgan fingerprint density at radius 2 is 2.33 bits per heavy atom. The van der Waals surface area contributed by atoms with E-state index < -0.39 is 11.5 Å². The van der Waals surface area contributed by atoms with Crippen LogP contribution in [-0.4, -0.2) is 16.6 Å². The van der Waals surface area contributed by atoms with E-state index in [-0.39, 0.29) is 11.7 Å². The Morgan fingerprint density at radius 3 is 2.80 bits per heavy atom. The first-order valence-corrected chi connectivity index (χ1v) is 4.73. The van der Waals surface area contributed by atoms with Crippen LogP contribution in [0.5, 0.6) is 0 Å². The molecule has 3 nitrogen and oxygen atoms in total. The highest BCUT2D eigenvalue weighted by Crippen LogP contribution is 2.49. The summed E-state index contributed by atoms with van der Waals surface area (Å²) in [6.07, 6.45) is 0.424. The molecular weight excluding hydrogens is 197 g/mol.